The summed E-state index contributed by atoms with van der Waals surface area (Å²) in [5.41, 5.74) is 1.38. The van der Waals surface area contributed by atoms with Gasteiger partial charge in [-0.1, -0.05) is 6.07 Å². The molecular formula is C14H17N5O. The Bertz CT molecular complexity index is 602. The van der Waals surface area contributed by atoms with Crippen LogP contribution in [0.25, 0.3) is 5.69 Å². The lowest BCUT2D eigenvalue weighted by Gasteiger charge is -2.21. The summed E-state index contributed by atoms with van der Waals surface area (Å²) >= 11 is 0. The minimum atomic E-state index is -0.327. The molecule has 1 aliphatic heterocycles. The predicted molar refractivity (Wildman–Crippen MR) is 75.6 cm³/mol. The Labute approximate surface area is 117 Å². The number of benzene rings is 1. The molecule has 1 aromatic carbocycles. The monoisotopic (exact) mass is 271 g/mol. The van der Waals surface area contributed by atoms with Crippen LogP contribution in [0.3, 0.4) is 0 Å². The first kappa shape index (κ1) is 12.8. The van der Waals surface area contributed by atoms with Gasteiger partial charge in [0.05, 0.1) is 11.1 Å². The summed E-state index contributed by atoms with van der Waals surface area (Å²) < 4.78 is 1.80. The minimum Gasteiger partial charge on any atom is -0.326 e. The summed E-state index contributed by atoms with van der Waals surface area (Å²) in [7, 11) is 0. The molecule has 0 bridgehead atoms. The van der Waals surface area contributed by atoms with Crippen LogP contribution in [0.15, 0.2) is 36.9 Å². The molecule has 1 saturated heterocycles. The lowest BCUT2D eigenvalue weighted by atomic mass is 9.89. The van der Waals surface area contributed by atoms with Gasteiger partial charge in [-0.05, 0) is 38.1 Å². The van der Waals surface area contributed by atoms with E-state index < -0.39 is 0 Å². The van der Waals surface area contributed by atoms with Gasteiger partial charge in [0.1, 0.15) is 12.7 Å². The summed E-state index contributed by atoms with van der Waals surface area (Å²) in [5.74, 6) is 0.0587. The maximum Gasteiger partial charge on any atom is 0.231 e. The molecule has 1 aliphatic rings. The molecule has 20 heavy (non-hydrogen) atoms. The Morgan fingerprint density at radius 3 is 2.90 bits per heavy atom. The van der Waals surface area contributed by atoms with Gasteiger partial charge in [-0.3, -0.25) is 9.36 Å². The van der Waals surface area contributed by atoms with Gasteiger partial charge in [0.2, 0.25) is 5.91 Å². The molecule has 0 spiro atoms. The average Bonchev–Trinajstić information content (AvgIpc) is 3.11. The Kier molecular flexibility index (Phi) is 3.23. The van der Waals surface area contributed by atoms with Crippen molar-refractivity contribution < 1.29 is 4.79 Å². The lowest BCUT2D eigenvalue weighted by Crippen LogP contribution is -2.35. The predicted octanol–water partition coefficient (Wildman–Crippen LogP) is 1.21. The van der Waals surface area contributed by atoms with Crippen LogP contribution in [-0.4, -0.2) is 33.8 Å². The molecule has 1 unspecified atom stereocenters. The number of hydrogen-bond donors (Lipinski definition) is 2. The highest BCUT2D eigenvalue weighted by molar-refractivity contribution is 5.95. The summed E-state index contributed by atoms with van der Waals surface area (Å²) in [5, 5.41) is 13.8. The topological polar surface area (TPSA) is 71.8 Å². The highest BCUT2D eigenvalue weighted by Gasteiger charge is 2.36. The van der Waals surface area contributed by atoms with E-state index in [1.165, 1.54) is 0 Å². The maximum atomic E-state index is 12.4. The van der Waals surface area contributed by atoms with E-state index in [0.717, 1.165) is 30.9 Å². The molecule has 6 heteroatoms. The Balaban J connectivity index is 1.78. The fraction of sp³-hybridized carbons (Fsp3) is 0.357. The van der Waals surface area contributed by atoms with Crippen molar-refractivity contribution in [3.8, 4) is 5.69 Å². The van der Waals surface area contributed by atoms with Gasteiger partial charge in [0.25, 0.3) is 0 Å². The number of nitrogens with one attached hydrogen (secondary N) is 2. The van der Waals surface area contributed by atoms with Crippen LogP contribution in [0.5, 0.6) is 0 Å². The van der Waals surface area contributed by atoms with Crippen molar-refractivity contribution in [1.82, 2.24) is 20.1 Å². The fourth-order valence-corrected chi connectivity index (χ4v) is 2.37. The first-order valence-corrected chi connectivity index (χ1v) is 6.65. The fourth-order valence-electron chi connectivity index (χ4n) is 2.37. The molecule has 0 radical (unpaired) electrons. The molecule has 2 N–H and O–H groups in total. The highest BCUT2D eigenvalue weighted by Crippen LogP contribution is 2.26. The van der Waals surface area contributed by atoms with E-state index >= 15 is 0 Å². The Morgan fingerprint density at radius 1 is 1.40 bits per heavy atom. The van der Waals surface area contributed by atoms with E-state index in [4.69, 9.17) is 0 Å². The largest absolute Gasteiger partial charge is 0.326 e. The molecule has 2 heterocycles. The molecule has 2 aromatic rings. The van der Waals surface area contributed by atoms with Gasteiger partial charge in [-0.25, -0.2) is 0 Å². The molecule has 1 amide bonds. The van der Waals surface area contributed by atoms with Gasteiger partial charge < -0.3 is 10.6 Å². The van der Waals surface area contributed by atoms with Crippen molar-refractivity contribution in [3.05, 3.63) is 36.9 Å². The maximum absolute atomic E-state index is 12.4. The van der Waals surface area contributed by atoms with Crippen molar-refractivity contribution in [2.45, 2.75) is 13.3 Å². The number of aromatic nitrogens is 3. The highest BCUT2D eigenvalue weighted by atomic mass is 16.2. The third kappa shape index (κ3) is 2.42. The van der Waals surface area contributed by atoms with Crippen molar-refractivity contribution in [2.24, 2.45) is 5.41 Å². The van der Waals surface area contributed by atoms with Crippen LogP contribution in [0, 0.1) is 5.41 Å². The zero-order valence-electron chi connectivity index (χ0n) is 11.3. The molecule has 0 saturated carbocycles. The normalized spacial score (nSPS) is 21.9. The number of rotatable bonds is 3. The van der Waals surface area contributed by atoms with Crippen molar-refractivity contribution in [3.63, 3.8) is 0 Å². The zero-order chi connectivity index (χ0) is 14.0. The number of nitrogens with zero attached hydrogens (tertiary/aromatic N) is 3. The summed E-state index contributed by atoms with van der Waals surface area (Å²) in [6.45, 7) is 3.61. The second kappa shape index (κ2) is 5.05. The number of anilines is 1. The van der Waals surface area contributed by atoms with Crippen molar-refractivity contribution >= 4 is 11.6 Å². The van der Waals surface area contributed by atoms with Crippen LogP contribution >= 0.6 is 0 Å². The second-order valence-corrected chi connectivity index (χ2v) is 5.36. The molecule has 3 rings (SSSR count). The first-order chi connectivity index (χ1) is 9.67. The molecular weight excluding hydrogens is 254 g/mol. The van der Waals surface area contributed by atoms with Crippen molar-refractivity contribution in [1.29, 1.82) is 0 Å². The van der Waals surface area contributed by atoms with Gasteiger partial charge in [-0.2, -0.15) is 0 Å². The van der Waals surface area contributed by atoms with E-state index in [-0.39, 0.29) is 11.3 Å². The van der Waals surface area contributed by atoms with E-state index in [1.54, 1.807) is 17.2 Å². The summed E-state index contributed by atoms with van der Waals surface area (Å²) in [4.78, 5) is 12.4. The van der Waals surface area contributed by atoms with Gasteiger partial charge in [-0.15, -0.1) is 10.2 Å². The van der Waals surface area contributed by atoms with Crippen LogP contribution in [0.2, 0.25) is 0 Å². The molecule has 1 atom stereocenters. The van der Waals surface area contributed by atoms with E-state index in [2.05, 4.69) is 20.8 Å². The number of carbonyl (C=O) groups excluding carboxylic acids is 1. The quantitative estimate of drug-likeness (QED) is 0.880. The molecule has 104 valence electrons. The Hall–Kier alpha value is -2.21. The third-order valence-electron chi connectivity index (χ3n) is 3.74. The van der Waals surface area contributed by atoms with Crippen LogP contribution in [0.1, 0.15) is 13.3 Å². The van der Waals surface area contributed by atoms with Crippen LogP contribution in [0.4, 0.5) is 5.69 Å². The number of carbonyl (C=O) groups is 1. The van der Waals surface area contributed by atoms with Crippen LogP contribution in [-0.2, 0) is 4.79 Å². The third-order valence-corrected chi connectivity index (χ3v) is 3.74. The van der Waals surface area contributed by atoms with E-state index in [9.17, 15) is 4.79 Å². The average molecular weight is 271 g/mol. The Morgan fingerprint density at radius 2 is 2.20 bits per heavy atom. The number of hydrogen-bond acceptors (Lipinski definition) is 4. The molecule has 6 nitrogen and oxygen atoms in total. The SMILES string of the molecule is CC1(C(=O)Nc2cccc(-n3cnnc3)c2)CCNC1. The van der Waals surface area contributed by atoms with Gasteiger partial charge in [0, 0.05) is 12.2 Å². The minimum absolute atomic E-state index is 0.0587. The summed E-state index contributed by atoms with van der Waals surface area (Å²) in [6.07, 6.45) is 4.12. The van der Waals surface area contributed by atoms with E-state index in [0.29, 0.717) is 0 Å². The zero-order valence-corrected chi connectivity index (χ0v) is 11.3. The molecule has 0 aliphatic carbocycles. The lowest BCUT2D eigenvalue weighted by molar-refractivity contribution is -0.123. The number of amides is 1. The van der Waals surface area contributed by atoms with Gasteiger partial charge in [0.15, 0.2) is 0 Å². The summed E-state index contributed by atoms with van der Waals surface area (Å²) in [6, 6.07) is 7.64. The van der Waals surface area contributed by atoms with Crippen molar-refractivity contribution in [2.75, 3.05) is 18.4 Å². The standard InChI is InChI=1S/C14H17N5O/c1-14(5-6-15-8-14)13(20)18-11-3-2-4-12(7-11)19-9-16-17-10-19/h2-4,7,9-10,15H,5-6,8H2,1H3,(H,18,20). The smallest absolute Gasteiger partial charge is 0.231 e. The first-order valence-electron chi connectivity index (χ1n) is 6.65. The van der Waals surface area contributed by atoms with E-state index in [1.807, 2.05) is 31.2 Å². The van der Waals surface area contributed by atoms with Crippen LogP contribution < -0.4 is 10.6 Å². The second-order valence-electron chi connectivity index (χ2n) is 5.36. The van der Waals surface area contributed by atoms with Gasteiger partial charge >= 0.3 is 0 Å². The molecule has 1 aromatic heterocycles. The molecule has 1 fully saturated rings.